The van der Waals surface area contributed by atoms with E-state index in [2.05, 4.69) is 11.8 Å². The molecule has 5 nitrogen and oxygen atoms in total. The van der Waals surface area contributed by atoms with Crippen LogP contribution in [0.2, 0.25) is 0 Å². The first kappa shape index (κ1) is 34.4. The van der Waals surface area contributed by atoms with Crippen molar-refractivity contribution in [2.75, 3.05) is 32.8 Å². The number of hydrogen-bond donors (Lipinski definition) is 2. The highest BCUT2D eigenvalue weighted by Gasteiger charge is 2.06. The van der Waals surface area contributed by atoms with Gasteiger partial charge >= 0.3 is 5.97 Å². The molecule has 35 heavy (non-hydrogen) atoms. The molecule has 0 aliphatic rings. The van der Waals surface area contributed by atoms with Gasteiger partial charge < -0.3 is 19.8 Å². The van der Waals surface area contributed by atoms with E-state index in [9.17, 15) is 9.90 Å². The Morgan fingerprint density at radius 2 is 1.17 bits per heavy atom. The molecule has 0 aromatic rings. The number of carbonyl (C=O) groups is 1. The molecule has 2 N–H and O–H groups in total. The summed E-state index contributed by atoms with van der Waals surface area (Å²) in [5.74, 6) is -0.0167. The van der Waals surface area contributed by atoms with E-state index in [1.807, 2.05) is 6.92 Å². The van der Waals surface area contributed by atoms with Gasteiger partial charge in [-0.1, -0.05) is 90.4 Å². The van der Waals surface area contributed by atoms with Crippen LogP contribution in [0.1, 0.15) is 149 Å². The summed E-state index contributed by atoms with van der Waals surface area (Å²) in [5, 5.41) is 18.4. The number of esters is 1. The lowest BCUT2D eigenvalue weighted by molar-refractivity contribution is -0.143. The summed E-state index contributed by atoms with van der Waals surface area (Å²) in [5.41, 5.74) is 0. The van der Waals surface area contributed by atoms with E-state index in [1.165, 1.54) is 83.5 Å². The van der Waals surface area contributed by atoms with Crippen LogP contribution in [-0.2, 0) is 9.53 Å². The van der Waals surface area contributed by atoms with Crippen LogP contribution in [0, 0.1) is 0 Å². The lowest BCUT2D eigenvalue weighted by Crippen LogP contribution is -2.27. The molecular formula is C30H61NO4. The number of rotatable bonds is 28. The lowest BCUT2D eigenvalue weighted by Gasteiger charge is -2.22. The molecular weight excluding hydrogens is 438 g/mol. The molecule has 1 unspecified atom stereocenters. The van der Waals surface area contributed by atoms with Gasteiger partial charge in [0.05, 0.1) is 12.7 Å². The van der Waals surface area contributed by atoms with E-state index in [4.69, 9.17) is 9.84 Å². The third kappa shape index (κ3) is 27.8. The predicted molar refractivity (Wildman–Crippen MR) is 149 cm³/mol. The monoisotopic (exact) mass is 499 g/mol. The fraction of sp³-hybridized carbons (Fsp3) is 0.967. The number of aliphatic hydroxyl groups excluding tert-OH is 2. The van der Waals surface area contributed by atoms with E-state index in [1.54, 1.807) is 0 Å². The molecule has 0 aliphatic heterocycles. The van der Waals surface area contributed by atoms with Gasteiger partial charge in [0.15, 0.2) is 0 Å². The molecule has 0 radical (unpaired) electrons. The number of hydrogen-bond acceptors (Lipinski definition) is 5. The summed E-state index contributed by atoms with van der Waals surface area (Å²) in [6.45, 7) is 8.40. The van der Waals surface area contributed by atoms with Crippen molar-refractivity contribution in [3.05, 3.63) is 0 Å². The highest BCUT2D eigenvalue weighted by atomic mass is 16.5. The summed E-state index contributed by atoms with van der Waals surface area (Å²) >= 11 is 0. The molecule has 0 aliphatic carbocycles. The maximum atomic E-state index is 11.9. The van der Waals surface area contributed by atoms with Gasteiger partial charge in [-0.2, -0.15) is 0 Å². The highest BCUT2D eigenvalue weighted by Crippen LogP contribution is 2.11. The molecule has 0 amide bonds. The Bertz CT molecular complexity index is 431. The number of ether oxygens (including phenoxy) is 1. The zero-order valence-corrected chi connectivity index (χ0v) is 23.6. The SMILES string of the molecule is CCCCCCCCCOC(=O)CCCCCCCN(CCCCO)CCCCCCCC(C)O. The van der Waals surface area contributed by atoms with E-state index in [-0.39, 0.29) is 12.1 Å². The van der Waals surface area contributed by atoms with E-state index in [0.29, 0.717) is 19.6 Å². The van der Waals surface area contributed by atoms with Crippen LogP contribution >= 0.6 is 0 Å². The summed E-state index contributed by atoms with van der Waals surface area (Å²) in [4.78, 5) is 14.5. The van der Waals surface area contributed by atoms with Crippen molar-refractivity contribution in [2.45, 2.75) is 155 Å². The average Bonchev–Trinajstić information content (AvgIpc) is 2.83. The molecule has 1 atom stereocenters. The van der Waals surface area contributed by atoms with Crippen LogP contribution in [0.15, 0.2) is 0 Å². The molecule has 210 valence electrons. The van der Waals surface area contributed by atoms with Gasteiger partial charge in [0.1, 0.15) is 0 Å². The minimum absolute atomic E-state index is 0.0167. The van der Waals surface area contributed by atoms with Crippen LogP contribution in [0.5, 0.6) is 0 Å². The standard InChI is InChI=1S/C30H61NO4/c1-3-4-5-6-7-14-21-28-35-30(34)23-16-11-9-13-18-25-31(26-19-20-27-32)24-17-12-8-10-15-22-29(2)33/h29,32-33H,3-28H2,1-2H3. The number of nitrogens with zero attached hydrogens (tertiary/aromatic N) is 1. The molecule has 5 heteroatoms. The molecule has 0 aromatic heterocycles. The van der Waals surface area contributed by atoms with Gasteiger partial charge in [-0.25, -0.2) is 0 Å². The minimum Gasteiger partial charge on any atom is -0.466 e. The lowest BCUT2D eigenvalue weighted by atomic mass is 10.1. The summed E-state index contributed by atoms with van der Waals surface area (Å²) in [7, 11) is 0. The van der Waals surface area contributed by atoms with Gasteiger partial charge in [-0.05, 0) is 71.5 Å². The van der Waals surface area contributed by atoms with Crippen molar-refractivity contribution in [2.24, 2.45) is 0 Å². The molecule has 0 aromatic carbocycles. The summed E-state index contributed by atoms with van der Waals surface area (Å²) in [6.07, 6.45) is 23.9. The van der Waals surface area contributed by atoms with Gasteiger partial charge in [-0.15, -0.1) is 0 Å². The van der Waals surface area contributed by atoms with Crippen molar-refractivity contribution < 1.29 is 19.7 Å². The van der Waals surface area contributed by atoms with Crippen LogP contribution in [-0.4, -0.2) is 60.0 Å². The molecule has 0 heterocycles. The average molecular weight is 500 g/mol. The predicted octanol–water partition coefficient (Wildman–Crippen LogP) is 7.42. The highest BCUT2D eigenvalue weighted by molar-refractivity contribution is 5.69. The Hall–Kier alpha value is -0.650. The van der Waals surface area contributed by atoms with E-state index in [0.717, 1.165) is 64.6 Å². The quantitative estimate of drug-likeness (QED) is 0.0866. The molecule has 0 fully saturated rings. The fourth-order valence-electron chi connectivity index (χ4n) is 4.54. The largest absolute Gasteiger partial charge is 0.466 e. The number of aliphatic hydroxyl groups is 2. The smallest absolute Gasteiger partial charge is 0.305 e. The summed E-state index contributed by atoms with van der Waals surface area (Å²) < 4.78 is 5.38. The first-order valence-corrected chi connectivity index (χ1v) is 15.3. The van der Waals surface area contributed by atoms with Crippen molar-refractivity contribution in [1.29, 1.82) is 0 Å². The third-order valence-corrected chi connectivity index (χ3v) is 6.84. The van der Waals surface area contributed by atoms with Gasteiger partial charge in [0.25, 0.3) is 0 Å². The molecule has 0 bridgehead atoms. The molecule has 0 spiro atoms. The second-order valence-electron chi connectivity index (χ2n) is 10.5. The normalized spacial score (nSPS) is 12.4. The zero-order chi connectivity index (χ0) is 25.8. The van der Waals surface area contributed by atoms with Crippen molar-refractivity contribution in [3.63, 3.8) is 0 Å². The number of unbranched alkanes of at least 4 members (excludes halogenated alkanes) is 15. The molecule has 0 rings (SSSR count). The Morgan fingerprint density at radius 3 is 1.74 bits per heavy atom. The maximum Gasteiger partial charge on any atom is 0.305 e. The van der Waals surface area contributed by atoms with Crippen molar-refractivity contribution in [1.82, 2.24) is 4.90 Å². The first-order valence-electron chi connectivity index (χ1n) is 15.3. The van der Waals surface area contributed by atoms with Crippen LogP contribution in [0.3, 0.4) is 0 Å². The van der Waals surface area contributed by atoms with Crippen LogP contribution in [0.25, 0.3) is 0 Å². The second kappa shape index (κ2) is 27.9. The van der Waals surface area contributed by atoms with Crippen LogP contribution < -0.4 is 0 Å². The Labute approximate surface area is 218 Å². The third-order valence-electron chi connectivity index (χ3n) is 6.84. The van der Waals surface area contributed by atoms with Gasteiger partial charge in [-0.3, -0.25) is 4.79 Å². The van der Waals surface area contributed by atoms with Crippen molar-refractivity contribution in [3.8, 4) is 0 Å². The van der Waals surface area contributed by atoms with Crippen LogP contribution in [0.4, 0.5) is 0 Å². The maximum absolute atomic E-state index is 11.9. The minimum atomic E-state index is -0.162. The zero-order valence-electron chi connectivity index (χ0n) is 23.6. The van der Waals surface area contributed by atoms with Gasteiger partial charge in [0.2, 0.25) is 0 Å². The Balaban J connectivity index is 3.66. The fourth-order valence-corrected chi connectivity index (χ4v) is 4.54. The van der Waals surface area contributed by atoms with E-state index >= 15 is 0 Å². The molecule has 0 saturated heterocycles. The Morgan fingerprint density at radius 1 is 0.686 bits per heavy atom. The van der Waals surface area contributed by atoms with Gasteiger partial charge in [0, 0.05) is 13.0 Å². The Kier molecular flexibility index (Phi) is 27.4. The molecule has 0 saturated carbocycles. The second-order valence-corrected chi connectivity index (χ2v) is 10.5. The topological polar surface area (TPSA) is 70.0 Å². The number of carbonyl (C=O) groups excluding carboxylic acids is 1. The van der Waals surface area contributed by atoms with E-state index < -0.39 is 0 Å². The van der Waals surface area contributed by atoms with Crippen molar-refractivity contribution >= 4 is 5.97 Å². The summed E-state index contributed by atoms with van der Waals surface area (Å²) in [6, 6.07) is 0. The first-order chi connectivity index (χ1) is 17.1.